The zero-order chi connectivity index (χ0) is 12.3. The van der Waals surface area contributed by atoms with Crippen molar-refractivity contribution in [3.63, 3.8) is 0 Å². The first-order chi connectivity index (χ1) is 8.20. The lowest BCUT2D eigenvalue weighted by Gasteiger charge is -2.13. The zero-order valence-corrected chi connectivity index (χ0v) is 10.9. The lowest BCUT2D eigenvalue weighted by molar-refractivity contribution is 0.0521. The molecule has 5 nitrogen and oxygen atoms in total. The van der Waals surface area contributed by atoms with Crippen LogP contribution in [-0.2, 0) is 4.74 Å². The number of esters is 1. The Kier molecular flexibility index (Phi) is 3.96. The quantitative estimate of drug-likeness (QED) is 0.825. The van der Waals surface area contributed by atoms with Crippen molar-refractivity contribution < 1.29 is 9.53 Å². The first-order valence-electron chi connectivity index (χ1n) is 5.76. The van der Waals surface area contributed by atoms with Crippen LogP contribution in [0, 0.1) is 0 Å². The second-order valence-electron chi connectivity index (χ2n) is 4.14. The number of hydrogen-bond donors (Lipinski definition) is 1. The number of ether oxygens (including phenoxy) is 1. The minimum Gasteiger partial charge on any atom is -0.461 e. The fourth-order valence-corrected chi connectivity index (χ4v) is 2.68. The Morgan fingerprint density at radius 2 is 2.59 bits per heavy atom. The molecule has 1 aliphatic heterocycles. The van der Waals surface area contributed by atoms with Gasteiger partial charge in [0.25, 0.3) is 0 Å². The number of rotatable bonds is 4. The van der Waals surface area contributed by atoms with Crippen molar-refractivity contribution >= 4 is 22.3 Å². The summed E-state index contributed by atoms with van der Waals surface area (Å²) in [6.07, 6.45) is 1.09. The molecule has 0 radical (unpaired) electrons. The fourth-order valence-electron chi connectivity index (χ4n) is 1.93. The molecule has 0 aliphatic carbocycles. The van der Waals surface area contributed by atoms with Crippen molar-refractivity contribution in [2.45, 2.75) is 19.4 Å². The topological polar surface area (TPSA) is 54.5 Å². The van der Waals surface area contributed by atoms with E-state index >= 15 is 0 Å². The number of nitrogens with zero attached hydrogens (tertiary/aromatic N) is 2. The Balaban J connectivity index is 2.01. The van der Waals surface area contributed by atoms with Crippen molar-refractivity contribution in [1.82, 2.24) is 9.88 Å². The highest BCUT2D eigenvalue weighted by Crippen LogP contribution is 2.24. The average molecular weight is 255 g/mol. The minimum atomic E-state index is -0.345. The van der Waals surface area contributed by atoms with Gasteiger partial charge in [0.2, 0.25) is 0 Å². The first kappa shape index (κ1) is 12.3. The minimum absolute atomic E-state index is 0.345. The number of likely N-dealkylation sites (tertiary alicyclic amines) is 1. The van der Waals surface area contributed by atoms with Crippen LogP contribution in [0.1, 0.15) is 23.8 Å². The highest BCUT2D eigenvalue weighted by atomic mass is 32.1. The maximum atomic E-state index is 11.6. The van der Waals surface area contributed by atoms with Crippen molar-refractivity contribution in [1.29, 1.82) is 0 Å². The molecular weight excluding hydrogens is 238 g/mol. The van der Waals surface area contributed by atoms with E-state index in [2.05, 4.69) is 22.2 Å². The molecule has 1 aromatic heterocycles. The van der Waals surface area contributed by atoms with E-state index < -0.39 is 0 Å². The van der Waals surface area contributed by atoms with E-state index in [0.29, 0.717) is 18.3 Å². The van der Waals surface area contributed by atoms with Crippen LogP contribution in [0.4, 0.5) is 5.00 Å². The number of nitrogens with one attached hydrogen (secondary N) is 1. The number of aromatic nitrogens is 1. The van der Waals surface area contributed by atoms with E-state index in [1.165, 1.54) is 11.3 Å². The van der Waals surface area contributed by atoms with Crippen LogP contribution in [-0.4, -0.2) is 48.6 Å². The molecule has 0 saturated carbocycles. The number of carbonyl (C=O) groups excluding carboxylic acids is 1. The van der Waals surface area contributed by atoms with Gasteiger partial charge < -0.3 is 15.0 Å². The molecule has 17 heavy (non-hydrogen) atoms. The molecule has 0 bridgehead atoms. The highest BCUT2D eigenvalue weighted by Gasteiger charge is 2.23. The monoisotopic (exact) mass is 255 g/mol. The van der Waals surface area contributed by atoms with E-state index in [4.69, 9.17) is 4.74 Å². The molecule has 94 valence electrons. The van der Waals surface area contributed by atoms with Crippen LogP contribution in [0.3, 0.4) is 0 Å². The lowest BCUT2D eigenvalue weighted by atomic mass is 10.2. The third-order valence-corrected chi connectivity index (χ3v) is 3.52. The summed E-state index contributed by atoms with van der Waals surface area (Å²) in [4.78, 5) is 18.0. The molecule has 1 atom stereocenters. The Hall–Kier alpha value is -1.14. The first-order valence-corrected chi connectivity index (χ1v) is 6.64. The summed E-state index contributed by atoms with van der Waals surface area (Å²) in [6.45, 7) is 4.26. The van der Waals surface area contributed by atoms with Crippen molar-refractivity contribution in [3.8, 4) is 0 Å². The van der Waals surface area contributed by atoms with E-state index in [9.17, 15) is 4.79 Å². The molecule has 0 amide bonds. The molecule has 0 aromatic carbocycles. The number of thiazole rings is 1. The third kappa shape index (κ3) is 2.95. The number of anilines is 1. The van der Waals surface area contributed by atoms with Crippen molar-refractivity contribution in [3.05, 3.63) is 11.2 Å². The number of hydrogen-bond acceptors (Lipinski definition) is 6. The molecule has 1 N–H and O–H groups in total. The molecular formula is C11H17N3O2S. The maximum absolute atomic E-state index is 11.6. The maximum Gasteiger partial charge on any atom is 0.360 e. The lowest BCUT2D eigenvalue weighted by Crippen LogP contribution is -2.24. The van der Waals surface area contributed by atoms with Gasteiger partial charge in [0, 0.05) is 12.6 Å². The largest absolute Gasteiger partial charge is 0.461 e. The Morgan fingerprint density at radius 3 is 3.24 bits per heavy atom. The van der Waals surface area contributed by atoms with Gasteiger partial charge in [0.1, 0.15) is 5.00 Å². The SMILES string of the molecule is CCOC(=O)c1ncsc1NC1CCN(C)C1. The Morgan fingerprint density at radius 1 is 1.76 bits per heavy atom. The molecule has 1 aliphatic rings. The van der Waals surface area contributed by atoms with Gasteiger partial charge in [-0.25, -0.2) is 9.78 Å². The summed E-state index contributed by atoms with van der Waals surface area (Å²) in [5, 5.41) is 4.20. The molecule has 1 fully saturated rings. The molecule has 2 heterocycles. The second kappa shape index (κ2) is 5.46. The summed E-state index contributed by atoms with van der Waals surface area (Å²) >= 11 is 1.45. The van der Waals surface area contributed by atoms with E-state index in [-0.39, 0.29) is 5.97 Å². The van der Waals surface area contributed by atoms with Crippen LogP contribution < -0.4 is 5.32 Å². The standard InChI is InChI=1S/C11H17N3O2S/c1-3-16-11(15)9-10(17-7-12-9)13-8-4-5-14(2)6-8/h7-8,13H,3-6H2,1-2H3. The molecule has 1 aromatic rings. The summed E-state index contributed by atoms with van der Waals surface area (Å²) in [5.74, 6) is -0.345. The fraction of sp³-hybridized carbons (Fsp3) is 0.636. The van der Waals surface area contributed by atoms with Gasteiger partial charge in [-0.2, -0.15) is 0 Å². The summed E-state index contributed by atoms with van der Waals surface area (Å²) in [7, 11) is 2.10. The number of carbonyl (C=O) groups is 1. The van der Waals surface area contributed by atoms with Crippen molar-refractivity contribution in [2.75, 3.05) is 32.1 Å². The van der Waals surface area contributed by atoms with Gasteiger partial charge in [0.05, 0.1) is 12.1 Å². The van der Waals surface area contributed by atoms with Crippen LogP contribution in [0.2, 0.25) is 0 Å². The van der Waals surface area contributed by atoms with Crippen LogP contribution in [0.25, 0.3) is 0 Å². The van der Waals surface area contributed by atoms with Gasteiger partial charge in [0.15, 0.2) is 5.69 Å². The van der Waals surface area contributed by atoms with Gasteiger partial charge in [-0.3, -0.25) is 0 Å². The van der Waals surface area contributed by atoms with Gasteiger partial charge >= 0.3 is 5.97 Å². The van der Waals surface area contributed by atoms with Gasteiger partial charge in [-0.1, -0.05) is 0 Å². The Labute approximate surface area is 105 Å². The smallest absolute Gasteiger partial charge is 0.360 e. The highest BCUT2D eigenvalue weighted by molar-refractivity contribution is 7.14. The van der Waals surface area contributed by atoms with Crippen LogP contribution in [0.5, 0.6) is 0 Å². The van der Waals surface area contributed by atoms with Gasteiger partial charge in [-0.15, -0.1) is 11.3 Å². The molecule has 1 saturated heterocycles. The van der Waals surface area contributed by atoms with Gasteiger partial charge in [-0.05, 0) is 26.9 Å². The van der Waals surface area contributed by atoms with E-state index in [1.807, 2.05) is 0 Å². The molecule has 2 rings (SSSR count). The summed E-state index contributed by atoms with van der Waals surface area (Å²) < 4.78 is 4.97. The molecule has 1 unspecified atom stereocenters. The van der Waals surface area contributed by atoms with Crippen LogP contribution in [0.15, 0.2) is 5.51 Å². The van der Waals surface area contributed by atoms with Crippen LogP contribution >= 0.6 is 11.3 Å². The number of likely N-dealkylation sites (N-methyl/N-ethyl adjacent to an activating group) is 1. The second-order valence-corrected chi connectivity index (χ2v) is 5.00. The zero-order valence-electron chi connectivity index (χ0n) is 10.1. The summed E-state index contributed by atoms with van der Waals surface area (Å²) in [5.41, 5.74) is 2.08. The predicted molar refractivity (Wildman–Crippen MR) is 67.6 cm³/mol. The third-order valence-electron chi connectivity index (χ3n) is 2.76. The summed E-state index contributed by atoms with van der Waals surface area (Å²) in [6, 6.07) is 0.397. The van der Waals surface area contributed by atoms with E-state index in [1.54, 1.807) is 12.4 Å². The van der Waals surface area contributed by atoms with Crippen molar-refractivity contribution in [2.24, 2.45) is 0 Å². The Bertz CT molecular complexity index is 394. The molecule has 6 heteroatoms. The van der Waals surface area contributed by atoms with E-state index in [0.717, 1.165) is 24.5 Å². The molecule has 0 spiro atoms. The predicted octanol–water partition coefficient (Wildman–Crippen LogP) is 1.44. The average Bonchev–Trinajstić information content (AvgIpc) is 2.89. The normalized spacial score (nSPS) is 20.5.